The molecule has 0 saturated carbocycles. The van der Waals surface area contributed by atoms with Crippen LogP contribution in [0, 0.1) is 0 Å². The molecule has 0 saturated heterocycles. The quantitative estimate of drug-likeness (QED) is 0.612. The molecule has 0 unspecified atom stereocenters. The topological polar surface area (TPSA) is 116 Å². The molecular weight excluding hydrogens is 306 g/mol. The Balaban J connectivity index is 1.89. The molecule has 0 atom stereocenters. The minimum absolute atomic E-state index is 0.159. The van der Waals surface area contributed by atoms with E-state index in [4.69, 9.17) is 0 Å². The molecule has 0 radical (unpaired) electrons. The second-order valence-electron chi connectivity index (χ2n) is 4.47. The van der Waals surface area contributed by atoms with E-state index in [1.165, 1.54) is 19.2 Å². The predicted octanol–water partition coefficient (Wildman–Crippen LogP) is 0.317. The van der Waals surface area contributed by atoms with Gasteiger partial charge in [-0.1, -0.05) is 12.1 Å². The van der Waals surface area contributed by atoms with Crippen molar-refractivity contribution in [2.24, 2.45) is 0 Å². The Morgan fingerprint density at radius 2 is 2.00 bits per heavy atom. The Hall–Kier alpha value is -2.39. The molecule has 0 aliphatic rings. The van der Waals surface area contributed by atoms with Crippen molar-refractivity contribution in [1.29, 1.82) is 0 Å². The molecule has 0 aliphatic heterocycles. The SMILES string of the molecule is CNS(=O)(=O)c1cccc(CNC(=O)NCc2ccn[nH]2)c1. The number of aromatic nitrogens is 2. The normalized spacial score (nSPS) is 11.1. The van der Waals surface area contributed by atoms with Crippen LogP contribution in [0.25, 0.3) is 0 Å². The Kier molecular flexibility index (Phi) is 5.12. The summed E-state index contributed by atoms with van der Waals surface area (Å²) in [5.74, 6) is 0. The van der Waals surface area contributed by atoms with Gasteiger partial charge in [-0.2, -0.15) is 5.10 Å². The van der Waals surface area contributed by atoms with Gasteiger partial charge in [-0.15, -0.1) is 0 Å². The number of carbonyl (C=O) groups excluding carboxylic acids is 1. The second kappa shape index (κ2) is 7.05. The van der Waals surface area contributed by atoms with Crippen molar-refractivity contribution in [3.8, 4) is 0 Å². The minimum atomic E-state index is -3.49. The number of nitrogens with zero attached hydrogens (tertiary/aromatic N) is 1. The van der Waals surface area contributed by atoms with Crippen molar-refractivity contribution in [3.63, 3.8) is 0 Å². The van der Waals surface area contributed by atoms with E-state index in [0.29, 0.717) is 12.1 Å². The van der Waals surface area contributed by atoms with Gasteiger partial charge in [-0.25, -0.2) is 17.9 Å². The molecule has 0 bridgehead atoms. The lowest BCUT2D eigenvalue weighted by Gasteiger charge is -2.08. The number of nitrogens with one attached hydrogen (secondary N) is 4. The summed E-state index contributed by atoms with van der Waals surface area (Å²) in [4.78, 5) is 11.8. The van der Waals surface area contributed by atoms with E-state index >= 15 is 0 Å². The van der Waals surface area contributed by atoms with Gasteiger partial charge >= 0.3 is 6.03 Å². The lowest BCUT2D eigenvalue weighted by Crippen LogP contribution is -2.34. The van der Waals surface area contributed by atoms with Gasteiger partial charge in [-0.05, 0) is 30.8 Å². The van der Waals surface area contributed by atoms with Gasteiger partial charge in [0.1, 0.15) is 0 Å². The third kappa shape index (κ3) is 4.30. The van der Waals surface area contributed by atoms with Crippen LogP contribution in [0.1, 0.15) is 11.3 Å². The lowest BCUT2D eigenvalue weighted by atomic mass is 10.2. The fourth-order valence-corrected chi connectivity index (χ4v) is 2.54. The molecule has 22 heavy (non-hydrogen) atoms. The Labute approximate surface area is 128 Å². The van der Waals surface area contributed by atoms with Gasteiger partial charge in [0, 0.05) is 12.7 Å². The molecular formula is C13H17N5O3S. The molecule has 1 heterocycles. The summed E-state index contributed by atoms with van der Waals surface area (Å²) in [6.45, 7) is 0.557. The molecule has 2 rings (SSSR count). The fourth-order valence-electron chi connectivity index (χ4n) is 1.74. The van der Waals surface area contributed by atoms with Crippen molar-refractivity contribution in [2.45, 2.75) is 18.0 Å². The first kappa shape index (κ1) is 16.0. The van der Waals surface area contributed by atoms with Crippen LogP contribution in [-0.4, -0.2) is 31.7 Å². The van der Waals surface area contributed by atoms with Crippen LogP contribution in [0.15, 0.2) is 41.4 Å². The maximum Gasteiger partial charge on any atom is 0.315 e. The summed E-state index contributed by atoms with van der Waals surface area (Å²) >= 11 is 0. The van der Waals surface area contributed by atoms with Gasteiger partial charge < -0.3 is 10.6 Å². The number of benzene rings is 1. The Morgan fingerprint density at radius 3 is 2.68 bits per heavy atom. The van der Waals surface area contributed by atoms with Crippen LogP contribution < -0.4 is 15.4 Å². The van der Waals surface area contributed by atoms with E-state index in [0.717, 1.165) is 5.69 Å². The number of aromatic amines is 1. The molecule has 0 spiro atoms. The number of hydrogen-bond donors (Lipinski definition) is 4. The maximum absolute atomic E-state index is 11.7. The standard InChI is InChI=1S/C13H17N5O3S/c1-14-22(20,21)12-4-2-3-10(7-12)8-15-13(19)16-9-11-5-6-17-18-11/h2-7,14H,8-9H2,1H3,(H,17,18)(H2,15,16,19). The van der Waals surface area contributed by atoms with Crippen LogP contribution in [-0.2, 0) is 23.1 Å². The van der Waals surface area contributed by atoms with E-state index < -0.39 is 10.0 Å². The number of amides is 2. The first-order chi connectivity index (χ1) is 10.5. The van der Waals surface area contributed by atoms with Crippen molar-refractivity contribution in [1.82, 2.24) is 25.6 Å². The molecule has 1 aromatic carbocycles. The van der Waals surface area contributed by atoms with Gasteiger partial charge in [0.2, 0.25) is 10.0 Å². The zero-order valence-electron chi connectivity index (χ0n) is 12.0. The zero-order chi connectivity index (χ0) is 16.0. The third-order valence-electron chi connectivity index (χ3n) is 2.93. The summed E-state index contributed by atoms with van der Waals surface area (Å²) in [6.07, 6.45) is 1.60. The van der Waals surface area contributed by atoms with Crippen molar-refractivity contribution in [2.75, 3.05) is 7.05 Å². The van der Waals surface area contributed by atoms with Crippen molar-refractivity contribution in [3.05, 3.63) is 47.8 Å². The van der Waals surface area contributed by atoms with Crippen LogP contribution >= 0.6 is 0 Å². The summed E-state index contributed by atoms with van der Waals surface area (Å²) in [7, 11) is -2.14. The summed E-state index contributed by atoms with van der Waals surface area (Å²) in [6, 6.07) is 7.78. The number of rotatable bonds is 6. The molecule has 9 heteroatoms. The molecule has 2 aromatic rings. The minimum Gasteiger partial charge on any atom is -0.334 e. The average molecular weight is 323 g/mol. The first-order valence-electron chi connectivity index (χ1n) is 6.54. The average Bonchev–Trinajstić information content (AvgIpc) is 3.04. The highest BCUT2D eigenvalue weighted by atomic mass is 32.2. The van der Waals surface area contributed by atoms with Crippen LogP contribution in [0.2, 0.25) is 0 Å². The first-order valence-corrected chi connectivity index (χ1v) is 8.02. The van der Waals surface area contributed by atoms with Crippen LogP contribution in [0.5, 0.6) is 0 Å². The summed E-state index contributed by atoms with van der Waals surface area (Å²) < 4.78 is 25.7. The van der Waals surface area contributed by atoms with Gasteiger partial charge in [0.05, 0.1) is 17.1 Å². The maximum atomic E-state index is 11.7. The molecule has 2 amide bonds. The van der Waals surface area contributed by atoms with E-state index in [2.05, 4.69) is 25.6 Å². The van der Waals surface area contributed by atoms with Gasteiger partial charge in [0.25, 0.3) is 0 Å². The van der Waals surface area contributed by atoms with E-state index in [1.807, 2.05) is 0 Å². The van der Waals surface area contributed by atoms with Crippen LogP contribution in [0.4, 0.5) is 4.79 Å². The fraction of sp³-hybridized carbons (Fsp3) is 0.231. The van der Waals surface area contributed by atoms with E-state index in [1.54, 1.807) is 24.4 Å². The molecule has 4 N–H and O–H groups in total. The van der Waals surface area contributed by atoms with E-state index in [-0.39, 0.29) is 17.5 Å². The number of urea groups is 1. The largest absolute Gasteiger partial charge is 0.334 e. The Morgan fingerprint density at radius 1 is 1.23 bits per heavy atom. The third-order valence-corrected chi connectivity index (χ3v) is 4.34. The molecule has 0 fully saturated rings. The zero-order valence-corrected chi connectivity index (χ0v) is 12.8. The van der Waals surface area contributed by atoms with Crippen LogP contribution in [0.3, 0.4) is 0 Å². The highest BCUT2D eigenvalue weighted by Crippen LogP contribution is 2.10. The van der Waals surface area contributed by atoms with Gasteiger partial charge in [0.15, 0.2) is 0 Å². The van der Waals surface area contributed by atoms with Crippen molar-refractivity contribution >= 4 is 16.1 Å². The summed E-state index contributed by atoms with van der Waals surface area (Å²) in [5, 5.41) is 11.8. The molecule has 118 valence electrons. The highest BCUT2D eigenvalue weighted by Gasteiger charge is 2.11. The molecule has 1 aromatic heterocycles. The van der Waals surface area contributed by atoms with Gasteiger partial charge in [-0.3, -0.25) is 5.10 Å². The van der Waals surface area contributed by atoms with Crippen molar-refractivity contribution < 1.29 is 13.2 Å². The number of H-pyrrole nitrogens is 1. The second-order valence-corrected chi connectivity index (χ2v) is 6.36. The summed E-state index contributed by atoms with van der Waals surface area (Å²) in [5.41, 5.74) is 1.48. The lowest BCUT2D eigenvalue weighted by molar-refractivity contribution is 0.240. The Bertz CT molecular complexity index is 728. The predicted molar refractivity (Wildman–Crippen MR) is 80.4 cm³/mol. The number of carbonyl (C=O) groups is 1. The molecule has 0 aliphatic carbocycles. The number of sulfonamides is 1. The number of hydrogen-bond acceptors (Lipinski definition) is 4. The smallest absolute Gasteiger partial charge is 0.315 e. The molecule has 8 nitrogen and oxygen atoms in total. The van der Waals surface area contributed by atoms with E-state index in [9.17, 15) is 13.2 Å². The highest BCUT2D eigenvalue weighted by molar-refractivity contribution is 7.89. The monoisotopic (exact) mass is 323 g/mol.